The Bertz CT molecular complexity index is 530. The molecule has 2 aliphatic heterocycles. The summed E-state index contributed by atoms with van der Waals surface area (Å²) in [5, 5.41) is 3.44. The maximum Gasteiger partial charge on any atom is 0.194 e. The number of pyridine rings is 1. The largest absolute Gasteiger partial charge is 0.379 e. The molecule has 0 saturated carbocycles. The molecule has 0 aliphatic carbocycles. The minimum absolute atomic E-state index is 0. The number of hydrogen-bond acceptors (Lipinski definition) is 5. The summed E-state index contributed by atoms with van der Waals surface area (Å²) in [4.78, 5) is 16.4. The third kappa shape index (κ3) is 6.24. The topological polar surface area (TPSA) is 56.2 Å². The van der Waals surface area contributed by atoms with Gasteiger partial charge in [0.05, 0.1) is 19.8 Å². The van der Waals surface area contributed by atoms with E-state index < -0.39 is 0 Å². The van der Waals surface area contributed by atoms with Gasteiger partial charge in [0.15, 0.2) is 5.96 Å². The Labute approximate surface area is 173 Å². The van der Waals surface area contributed by atoms with E-state index in [1.165, 1.54) is 0 Å². The van der Waals surface area contributed by atoms with Crippen LogP contribution < -0.4 is 10.2 Å². The zero-order valence-corrected chi connectivity index (χ0v) is 18.0. The molecule has 1 aromatic heterocycles. The van der Waals surface area contributed by atoms with Gasteiger partial charge in [0.25, 0.3) is 0 Å². The molecule has 0 amide bonds. The van der Waals surface area contributed by atoms with Gasteiger partial charge < -0.3 is 19.9 Å². The van der Waals surface area contributed by atoms with E-state index in [1.807, 2.05) is 18.3 Å². The van der Waals surface area contributed by atoms with Crippen LogP contribution in [0.15, 0.2) is 29.4 Å². The van der Waals surface area contributed by atoms with E-state index >= 15 is 0 Å². The molecule has 26 heavy (non-hydrogen) atoms. The van der Waals surface area contributed by atoms with E-state index in [4.69, 9.17) is 9.73 Å². The third-order valence-electron chi connectivity index (χ3n) is 4.67. The number of nitrogens with one attached hydrogen (secondary N) is 1. The Morgan fingerprint density at radius 1 is 1.15 bits per heavy atom. The molecule has 1 N–H and O–H groups in total. The van der Waals surface area contributed by atoms with E-state index in [0.29, 0.717) is 0 Å². The van der Waals surface area contributed by atoms with Crippen molar-refractivity contribution in [3.63, 3.8) is 0 Å². The first kappa shape index (κ1) is 21.2. The van der Waals surface area contributed by atoms with Crippen LogP contribution >= 0.6 is 24.0 Å². The summed E-state index contributed by atoms with van der Waals surface area (Å²) in [6.45, 7) is 12.5. The zero-order valence-electron chi connectivity index (χ0n) is 15.6. The molecule has 3 heterocycles. The van der Waals surface area contributed by atoms with Gasteiger partial charge in [0.2, 0.25) is 0 Å². The molecule has 0 radical (unpaired) electrons. The molecule has 7 nitrogen and oxygen atoms in total. The van der Waals surface area contributed by atoms with Gasteiger partial charge in [0, 0.05) is 58.6 Å². The van der Waals surface area contributed by atoms with Crippen molar-refractivity contribution in [2.24, 2.45) is 4.99 Å². The highest BCUT2D eigenvalue weighted by molar-refractivity contribution is 14.0. The number of hydrogen-bond donors (Lipinski definition) is 1. The summed E-state index contributed by atoms with van der Waals surface area (Å²) in [5.41, 5.74) is 0. The van der Waals surface area contributed by atoms with Gasteiger partial charge in [0.1, 0.15) is 5.82 Å². The van der Waals surface area contributed by atoms with E-state index in [-0.39, 0.29) is 24.0 Å². The smallest absolute Gasteiger partial charge is 0.194 e. The van der Waals surface area contributed by atoms with Crippen molar-refractivity contribution in [1.29, 1.82) is 0 Å². The van der Waals surface area contributed by atoms with Crippen LogP contribution in [0.3, 0.4) is 0 Å². The van der Waals surface area contributed by atoms with Crippen molar-refractivity contribution in [1.82, 2.24) is 20.1 Å². The molecule has 3 rings (SSSR count). The second-order valence-corrected chi connectivity index (χ2v) is 6.35. The van der Waals surface area contributed by atoms with Gasteiger partial charge in [-0.05, 0) is 19.1 Å². The first-order chi connectivity index (χ1) is 12.4. The van der Waals surface area contributed by atoms with E-state index in [1.54, 1.807) is 0 Å². The van der Waals surface area contributed by atoms with Gasteiger partial charge >= 0.3 is 0 Å². The van der Waals surface area contributed by atoms with Gasteiger partial charge in [-0.2, -0.15) is 0 Å². The second kappa shape index (κ2) is 11.6. The van der Waals surface area contributed by atoms with Gasteiger partial charge in [-0.3, -0.25) is 9.89 Å². The first-order valence-corrected chi connectivity index (χ1v) is 9.36. The average Bonchev–Trinajstić information content (AvgIpc) is 2.69. The van der Waals surface area contributed by atoms with Crippen molar-refractivity contribution in [2.45, 2.75) is 6.92 Å². The summed E-state index contributed by atoms with van der Waals surface area (Å²) in [6, 6.07) is 6.09. The Hall–Kier alpha value is -1.13. The number of ether oxygens (including phenoxy) is 1. The predicted octanol–water partition coefficient (Wildman–Crippen LogP) is 1.12. The van der Waals surface area contributed by atoms with E-state index in [2.05, 4.69) is 38.0 Å². The maximum atomic E-state index is 5.40. The average molecular weight is 474 g/mol. The van der Waals surface area contributed by atoms with E-state index in [9.17, 15) is 0 Å². The first-order valence-electron chi connectivity index (χ1n) is 9.36. The molecule has 2 aliphatic rings. The lowest BCUT2D eigenvalue weighted by Crippen LogP contribution is -2.53. The summed E-state index contributed by atoms with van der Waals surface area (Å²) in [6.07, 6.45) is 1.86. The molecule has 0 aromatic carbocycles. The van der Waals surface area contributed by atoms with Crippen LogP contribution in [0.1, 0.15) is 6.92 Å². The number of aromatic nitrogens is 1. The highest BCUT2D eigenvalue weighted by atomic mass is 127. The minimum atomic E-state index is 0. The second-order valence-electron chi connectivity index (χ2n) is 6.35. The number of halogens is 1. The van der Waals surface area contributed by atoms with Crippen LogP contribution in [0.5, 0.6) is 0 Å². The van der Waals surface area contributed by atoms with Gasteiger partial charge in [-0.1, -0.05) is 6.07 Å². The fraction of sp³-hybridized carbons (Fsp3) is 0.667. The van der Waals surface area contributed by atoms with Crippen molar-refractivity contribution < 1.29 is 4.74 Å². The predicted molar refractivity (Wildman–Crippen MR) is 117 cm³/mol. The Kier molecular flexibility index (Phi) is 9.41. The number of piperazine rings is 1. The monoisotopic (exact) mass is 474 g/mol. The SMILES string of the molecule is CCNC(=NCCN1CCOCC1)N1CCN(c2ccccn2)CC1.I. The lowest BCUT2D eigenvalue weighted by Gasteiger charge is -2.37. The van der Waals surface area contributed by atoms with Crippen LogP contribution in [0, 0.1) is 0 Å². The lowest BCUT2D eigenvalue weighted by molar-refractivity contribution is 0.0394. The summed E-state index contributed by atoms with van der Waals surface area (Å²) in [5.74, 6) is 2.10. The van der Waals surface area contributed by atoms with Crippen molar-refractivity contribution in [2.75, 3.05) is 77.0 Å². The Morgan fingerprint density at radius 3 is 2.58 bits per heavy atom. The standard InChI is InChI=1S/C18H30N6O.HI/c1-2-19-18(21-7-8-22-13-15-25-16-14-22)24-11-9-23(10-12-24)17-5-3-4-6-20-17;/h3-6H,2,7-16H2,1H3,(H,19,21);1H. The van der Waals surface area contributed by atoms with Gasteiger partial charge in [-0.15, -0.1) is 24.0 Å². The molecule has 1 aromatic rings. The fourth-order valence-electron chi connectivity index (χ4n) is 3.24. The van der Waals surface area contributed by atoms with Crippen molar-refractivity contribution in [3.05, 3.63) is 24.4 Å². The molecule has 0 bridgehead atoms. The Balaban J connectivity index is 0.00000243. The molecular formula is C18H31IN6O. The molecular weight excluding hydrogens is 443 g/mol. The number of anilines is 1. The van der Waals surface area contributed by atoms with Crippen LogP contribution in [0.2, 0.25) is 0 Å². The molecule has 0 unspecified atom stereocenters. The quantitative estimate of drug-likeness (QED) is 0.392. The van der Waals surface area contributed by atoms with Crippen LogP contribution in [-0.4, -0.2) is 92.9 Å². The lowest BCUT2D eigenvalue weighted by atomic mass is 10.3. The number of guanidine groups is 1. The van der Waals surface area contributed by atoms with Crippen molar-refractivity contribution >= 4 is 35.8 Å². The maximum absolute atomic E-state index is 5.40. The van der Waals surface area contributed by atoms with Crippen LogP contribution in [-0.2, 0) is 4.74 Å². The van der Waals surface area contributed by atoms with E-state index in [0.717, 1.165) is 83.9 Å². The highest BCUT2D eigenvalue weighted by Gasteiger charge is 2.20. The molecule has 8 heteroatoms. The minimum Gasteiger partial charge on any atom is -0.379 e. The fourth-order valence-corrected chi connectivity index (χ4v) is 3.24. The normalized spacial score (nSPS) is 19.2. The molecule has 2 saturated heterocycles. The summed E-state index contributed by atoms with van der Waals surface area (Å²) in [7, 11) is 0. The number of rotatable bonds is 5. The number of aliphatic imine (C=N–C) groups is 1. The molecule has 0 atom stereocenters. The number of nitrogens with zero attached hydrogens (tertiary/aromatic N) is 5. The number of morpholine rings is 1. The highest BCUT2D eigenvalue weighted by Crippen LogP contribution is 2.12. The van der Waals surface area contributed by atoms with Crippen LogP contribution in [0.4, 0.5) is 5.82 Å². The van der Waals surface area contributed by atoms with Crippen LogP contribution in [0.25, 0.3) is 0 Å². The Morgan fingerprint density at radius 2 is 1.92 bits per heavy atom. The third-order valence-corrected chi connectivity index (χ3v) is 4.67. The summed E-state index contributed by atoms with van der Waals surface area (Å²) >= 11 is 0. The zero-order chi connectivity index (χ0) is 17.3. The van der Waals surface area contributed by atoms with Gasteiger partial charge in [-0.25, -0.2) is 4.98 Å². The molecule has 2 fully saturated rings. The molecule has 146 valence electrons. The molecule has 0 spiro atoms. The summed E-state index contributed by atoms with van der Waals surface area (Å²) < 4.78 is 5.40. The van der Waals surface area contributed by atoms with Crippen molar-refractivity contribution in [3.8, 4) is 0 Å².